The Bertz CT molecular complexity index is 1290. The van der Waals surface area contributed by atoms with Crippen molar-refractivity contribution in [1.82, 2.24) is 4.90 Å². The molecule has 0 aromatic heterocycles. The minimum Gasteiger partial charge on any atom is -0.491 e. The van der Waals surface area contributed by atoms with E-state index < -0.39 is 0 Å². The van der Waals surface area contributed by atoms with Gasteiger partial charge in [-0.3, -0.25) is 14.5 Å². The number of ether oxygens (including phenoxy) is 2. The van der Waals surface area contributed by atoms with Gasteiger partial charge < -0.3 is 9.47 Å². The van der Waals surface area contributed by atoms with E-state index in [1.165, 1.54) is 4.90 Å². The monoisotopic (exact) mass is 521 g/mol. The second kappa shape index (κ2) is 11.7. The van der Waals surface area contributed by atoms with Crippen LogP contribution in [0.25, 0.3) is 6.08 Å². The summed E-state index contributed by atoms with van der Waals surface area (Å²) in [7, 11) is 0. The molecule has 7 heteroatoms. The van der Waals surface area contributed by atoms with Crippen LogP contribution in [-0.2, 0) is 11.4 Å². The van der Waals surface area contributed by atoms with E-state index in [1.807, 2.05) is 61.5 Å². The van der Waals surface area contributed by atoms with Gasteiger partial charge in [-0.1, -0.05) is 67.9 Å². The van der Waals surface area contributed by atoms with Crippen LogP contribution in [0, 0.1) is 6.92 Å². The van der Waals surface area contributed by atoms with Crippen LogP contribution >= 0.6 is 23.4 Å². The fourth-order valence-corrected chi connectivity index (χ4v) is 4.78. The van der Waals surface area contributed by atoms with E-state index >= 15 is 0 Å². The summed E-state index contributed by atoms with van der Waals surface area (Å²) in [5, 5.41) is 0.363. The van der Waals surface area contributed by atoms with Crippen molar-refractivity contribution < 1.29 is 19.1 Å². The maximum atomic E-state index is 13.0. The van der Waals surface area contributed by atoms with Crippen molar-refractivity contribution in [2.45, 2.75) is 33.3 Å². The quantitative estimate of drug-likeness (QED) is 0.273. The van der Waals surface area contributed by atoms with Crippen molar-refractivity contribution in [3.63, 3.8) is 0 Å². The van der Waals surface area contributed by atoms with Crippen LogP contribution in [0.1, 0.15) is 42.0 Å². The van der Waals surface area contributed by atoms with E-state index in [0.717, 1.165) is 39.8 Å². The molecule has 0 atom stereocenters. The molecule has 0 aliphatic carbocycles. The van der Waals surface area contributed by atoms with Crippen molar-refractivity contribution >= 4 is 40.6 Å². The number of carbonyl (C=O) groups is 2. The zero-order valence-electron chi connectivity index (χ0n) is 20.5. The first-order chi connectivity index (χ1) is 17.3. The third kappa shape index (κ3) is 6.31. The van der Waals surface area contributed by atoms with Crippen LogP contribution in [0.2, 0.25) is 5.02 Å². The molecule has 3 aromatic rings. The highest BCUT2D eigenvalue weighted by Crippen LogP contribution is 2.34. The molecule has 0 N–H and O–H groups in total. The highest BCUT2D eigenvalue weighted by molar-refractivity contribution is 8.18. The van der Waals surface area contributed by atoms with Crippen LogP contribution in [0.15, 0.2) is 71.6 Å². The number of carbonyl (C=O) groups excluding carboxylic acids is 2. The summed E-state index contributed by atoms with van der Waals surface area (Å²) < 4.78 is 12.0. The first kappa shape index (κ1) is 25.9. The van der Waals surface area contributed by atoms with Crippen LogP contribution in [0.5, 0.6) is 11.5 Å². The molecule has 0 unspecified atom stereocenters. The van der Waals surface area contributed by atoms with Gasteiger partial charge in [0.05, 0.1) is 11.4 Å². The number of imide groups is 1. The molecule has 1 aliphatic heterocycles. The highest BCUT2D eigenvalue weighted by Gasteiger charge is 2.35. The van der Waals surface area contributed by atoms with E-state index in [2.05, 4.69) is 26.0 Å². The van der Waals surface area contributed by atoms with Gasteiger partial charge in [-0.2, -0.15) is 0 Å². The van der Waals surface area contributed by atoms with Gasteiger partial charge in [0.1, 0.15) is 24.7 Å². The minimum atomic E-state index is -0.325. The van der Waals surface area contributed by atoms with Gasteiger partial charge in [0.15, 0.2) is 0 Å². The van der Waals surface area contributed by atoms with Gasteiger partial charge >= 0.3 is 0 Å². The smallest absolute Gasteiger partial charge is 0.293 e. The van der Waals surface area contributed by atoms with E-state index in [0.29, 0.717) is 28.2 Å². The highest BCUT2D eigenvalue weighted by atomic mass is 35.5. The minimum absolute atomic E-state index is 0.183. The molecule has 36 heavy (non-hydrogen) atoms. The molecule has 2 amide bonds. The van der Waals surface area contributed by atoms with Crippen LogP contribution in [0.4, 0.5) is 4.79 Å². The standard InChI is InChI=1S/C29H28ClNO4S/c1-19(2)24-13-8-20(3)16-26(24)34-15-14-31-28(32)27(36-29(31)33)17-22-6-4-5-7-25(22)35-18-21-9-11-23(30)12-10-21/h4-13,16-17,19H,14-15,18H2,1-3H3/b27-17-. The topological polar surface area (TPSA) is 55.8 Å². The Morgan fingerprint density at radius 1 is 0.972 bits per heavy atom. The van der Waals surface area contributed by atoms with Crippen LogP contribution < -0.4 is 9.47 Å². The summed E-state index contributed by atoms with van der Waals surface area (Å²) >= 11 is 6.88. The Morgan fingerprint density at radius 3 is 2.47 bits per heavy atom. The number of aryl methyl sites for hydroxylation is 1. The summed E-state index contributed by atoms with van der Waals surface area (Å²) in [6, 6.07) is 21.0. The lowest BCUT2D eigenvalue weighted by Crippen LogP contribution is -2.32. The molecule has 1 fully saturated rings. The predicted octanol–water partition coefficient (Wildman–Crippen LogP) is 7.47. The predicted molar refractivity (Wildman–Crippen MR) is 146 cm³/mol. The van der Waals surface area contributed by atoms with Gasteiger partial charge in [0.2, 0.25) is 0 Å². The van der Waals surface area contributed by atoms with Gasteiger partial charge in [-0.25, -0.2) is 0 Å². The number of benzene rings is 3. The Labute approximate surface area is 221 Å². The van der Waals surface area contributed by atoms with Crippen molar-refractivity contribution in [3.05, 3.63) is 98.9 Å². The third-order valence-electron chi connectivity index (χ3n) is 5.75. The maximum Gasteiger partial charge on any atom is 0.293 e. The van der Waals surface area contributed by atoms with Crippen LogP contribution in [-0.4, -0.2) is 29.2 Å². The molecule has 1 heterocycles. The first-order valence-electron chi connectivity index (χ1n) is 11.8. The number of para-hydroxylation sites is 1. The molecule has 4 rings (SSSR count). The van der Waals surface area contributed by atoms with Gasteiger partial charge in [-0.15, -0.1) is 0 Å². The number of rotatable bonds is 9. The molecular weight excluding hydrogens is 494 g/mol. The van der Waals surface area contributed by atoms with E-state index in [9.17, 15) is 9.59 Å². The van der Waals surface area contributed by atoms with Crippen molar-refractivity contribution in [2.75, 3.05) is 13.2 Å². The second-order valence-corrected chi connectivity index (χ2v) is 10.3. The number of thioether (sulfide) groups is 1. The molecular formula is C29H28ClNO4S. The molecule has 3 aromatic carbocycles. The van der Waals surface area contributed by atoms with Crippen molar-refractivity contribution in [2.24, 2.45) is 0 Å². The lowest BCUT2D eigenvalue weighted by atomic mass is 10.0. The lowest BCUT2D eigenvalue weighted by Gasteiger charge is -2.17. The summed E-state index contributed by atoms with van der Waals surface area (Å²) in [5.41, 5.74) is 3.91. The van der Waals surface area contributed by atoms with E-state index in [4.69, 9.17) is 21.1 Å². The Hall–Kier alpha value is -3.22. The van der Waals surface area contributed by atoms with Gasteiger partial charge in [-0.05, 0) is 71.6 Å². The van der Waals surface area contributed by atoms with Crippen molar-refractivity contribution in [1.29, 1.82) is 0 Å². The zero-order valence-corrected chi connectivity index (χ0v) is 22.1. The third-order valence-corrected chi connectivity index (χ3v) is 6.91. The van der Waals surface area contributed by atoms with Gasteiger partial charge in [0, 0.05) is 10.6 Å². The molecule has 186 valence electrons. The van der Waals surface area contributed by atoms with Crippen LogP contribution in [0.3, 0.4) is 0 Å². The lowest BCUT2D eigenvalue weighted by molar-refractivity contribution is -0.123. The number of halogens is 1. The molecule has 1 aliphatic rings. The average Bonchev–Trinajstić information content (AvgIpc) is 3.11. The molecule has 0 spiro atoms. The first-order valence-corrected chi connectivity index (χ1v) is 13.0. The largest absolute Gasteiger partial charge is 0.491 e. The molecule has 1 saturated heterocycles. The van der Waals surface area contributed by atoms with Gasteiger partial charge in [0.25, 0.3) is 11.1 Å². The fraction of sp³-hybridized carbons (Fsp3) is 0.241. The van der Waals surface area contributed by atoms with E-state index in [1.54, 1.807) is 6.08 Å². The fourth-order valence-electron chi connectivity index (χ4n) is 3.80. The Balaban J connectivity index is 1.42. The summed E-state index contributed by atoms with van der Waals surface area (Å²) in [5.74, 6) is 1.40. The van der Waals surface area contributed by atoms with E-state index in [-0.39, 0.29) is 24.3 Å². The summed E-state index contributed by atoms with van der Waals surface area (Å²) in [6.45, 7) is 7.00. The molecule has 0 saturated carbocycles. The number of nitrogens with zero attached hydrogens (tertiary/aromatic N) is 1. The summed E-state index contributed by atoms with van der Waals surface area (Å²) in [4.78, 5) is 27.2. The normalized spacial score (nSPS) is 14.7. The number of hydrogen-bond donors (Lipinski definition) is 0. The SMILES string of the molecule is Cc1ccc(C(C)C)c(OCCN2C(=O)S/C(=C\c3ccccc3OCc3ccc(Cl)cc3)C2=O)c1. The molecule has 0 bridgehead atoms. The maximum absolute atomic E-state index is 13.0. The Kier molecular flexibility index (Phi) is 8.39. The second-order valence-electron chi connectivity index (χ2n) is 8.83. The number of amides is 2. The molecule has 0 radical (unpaired) electrons. The number of hydrogen-bond acceptors (Lipinski definition) is 5. The zero-order chi connectivity index (χ0) is 25.7. The molecule has 5 nitrogen and oxygen atoms in total. The summed E-state index contributed by atoms with van der Waals surface area (Å²) in [6.07, 6.45) is 1.71. The Morgan fingerprint density at radius 2 is 1.72 bits per heavy atom. The average molecular weight is 522 g/mol. The van der Waals surface area contributed by atoms with Crippen molar-refractivity contribution in [3.8, 4) is 11.5 Å².